The van der Waals surface area contributed by atoms with Crippen LogP contribution in [-0.2, 0) is 4.74 Å². The van der Waals surface area contributed by atoms with Gasteiger partial charge in [-0.1, -0.05) is 0 Å². The zero-order valence-electron chi connectivity index (χ0n) is 23.9. The van der Waals surface area contributed by atoms with Crippen LogP contribution in [0.15, 0.2) is 36.7 Å². The van der Waals surface area contributed by atoms with Crippen LogP contribution in [0, 0.1) is 5.92 Å². The molecule has 0 bridgehead atoms. The summed E-state index contributed by atoms with van der Waals surface area (Å²) in [7, 11) is 2.15. The zero-order valence-corrected chi connectivity index (χ0v) is 23.9. The van der Waals surface area contributed by atoms with E-state index in [2.05, 4.69) is 38.3 Å². The van der Waals surface area contributed by atoms with Crippen molar-refractivity contribution in [3.63, 3.8) is 0 Å². The molecular formula is C30H40N6O4. The minimum Gasteiger partial charge on any atom is -0.478 e. The van der Waals surface area contributed by atoms with Gasteiger partial charge < -0.3 is 24.7 Å². The molecule has 0 radical (unpaired) electrons. The number of anilines is 1. The Balaban J connectivity index is 1.07. The number of hydrogen-bond donors (Lipinski definition) is 2. The third kappa shape index (κ3) is 6.91. The summed E-state index contributed by atoms with van der Waals surface area (Å²) >= 11 is 0. The van der Waals surface area contributed by atoms with Crippen molar-refractivity contribution in [2.45, 2.75) is 64.5 Å². The summed E-state index contributed by atoms with van der Waals surface area (Å²) in [6.45, 7) is 8.69. The number of pyridine rings is 2. The van der Waals surface area contributed by atoms with Crippen molar-refractivity contribution in [2.75, 3.05) is 38.6 Å². The lowest BCUT2D eigenvalue weighted by Gasteiger charge is -2.33. The van der Waals surface area contributed by atoms with Gasteiger partial charge in [-0.05, 0) is 84.5 Å². The molecule has 3 aromatic rings. The molecule has 1 unspecified atom stereocenters. The minimum absolute atomic E-state index is 0.238. The molecule has 2 N–H and O–H groups in total. The number of rotatable bonds is 7. The van der Waals surface area contributed by atoms with Gasteiger partial charge in [0.15, 0.2) is 0 Å². The van der Waals surface area contributed by atoms with Gasteiger partial charge in [0.25, 0.3) is 5.91 Å². The van der Waals surface area contributed by atoms with Crippen LogP contribution in [0.2, 0.25) is 0 Å². The first-order valence-corrected chi connectivity index (χ1v) is 14.2. The lowest BCUT2D eigenvalue weighted by Crippen LogP contribution is -2.41. The van der Waals surface area contributed by atoms with Gasteiger partial charge in [0.1, 0.15) is 11.4 Å². The molecule has 0 spiro atoms. The molecule has 2 aliphatic heterocycles. The molecule has 1 atom stereocenters. The third-order valence-electron chi connectivity index (χ3n) is 7.69. The Kier molecular flexibility index (Phi) is 8.25. The number of nitrogens with zero attached hydrogens (tertiary/aromatic N) is 4. The summed E-state index contributed by atoms with van der Waals surface area (Å²) < 4.78 is 11.3. The van der Waals surface area contributed by atoms with E-state index in [9.17, 15) is 9.59 Å². The van der Waals surface area contributed by atoms with E-state index in [1.54, 1.807) is 23.2 Å². The van der Waals surface area contributed by atoms with Crippen LogP contribution in [0.25, 0.3) is 10.9 Å². The average Bonchev–Trinajstić information content (AvgIpc) is 3.53. The highest BCUT2D eigenvalue weighted by molar-refractivity contribution is 6.04. The highest BCUT2D eigenvalue weighted by atomic mass is 16.6. The number of carbonyl (C=O) groups excluding carboxylic acids is 2. The molecule has 0 aromatic carbocycles. The fraction of sp³-hybridized carbons (Fsp3) is 0.533. The first kappa shape index (κ1) is 27.9. The van der Waals surface area contributed by atoms with Crippen molar-refractivity contribution >= 4 is 28.7 Å². The SMILES string of the molecule is CN1CCCC1c1cc2cnc(NC(=O)c3ccc(OCCC4CCN(C(=O)OC(C)(C)C)CC4)nc3)cc2[nH]1. The third-order valence-corrected chi connectivity index (χ3v) is 7.69. The van der Waals surface area contributed by atoms with Crippen LogP contribution in [0.3, 0.4) is 0 Å². The van der Waals surface area contributed by atoms with E-state index in [4.69, 9.17) is 9.47 Å². The van der Waals surface area contributed by atoms with Gasteiger partial charge >= 0.3 is 6.09 Å². The van der Waals surface area contributed by atoms with Gasteiger partial charge in [-0.25, -0.2) is 14.8 Å². The molecule has 0 saturated carbocycles. The topological polar surface area (TPSA) is 113 Å². The zero-order chi connectivity index (χ0) is 28.3. The van der Waals surface area contributed by atoms with E-state index in [1.807, 2.05) is 26.8 Å². The largest absolute Gasteiger partial charge is 0.478 e. The number of piperidine rings is 1. The lowest BCUT2D eigenvalue weighted by molar-refractivity contribution is 0.0177. The number of aromatic amines is 1. The molecule has 2 fully saturated rings. The first-order chi connectivity index (χ1) is 19.1. The van der Waals surface area contributed by atoms with E-state index >= 15 is 0 Å². The molecular weight excluding hydrogens is 508 g/mol. The normalized spacial score (nSPS) is 18.7. The maximum Gasteiger partial charge on any atom is 0.410 e. The predicted octanol–water partition coefficient (Wildman–Crippen LogP) is 5.39. The number of fused-ring (bicyclic) bond motifs is 1. The molecule has 10 nitrogen and oxygen atoms in total. The molecule has 214 valence electrons. The van der Waals surface area contributed by atoms with Crippen LogP contribution < -0.4 is 10.1 Å². The standard InChI is InChI=1S/C30H40N6O4/c1-30(2,3)40-29(38)36-13-9-20(10-14-36)11-15-39-27-8-7-21(18-32-27)28(37)34-26-17-23-22(19-31-26)16-24(33-23)25-6-5-12-35(25)4/h7-8,16-20,25,33H,5-6,9-15H2,1-4H3,(H,31,34,37). The Bertz CT molecular complexity index is 1320. The number of aromatic nitrogens is 3. The molecule has 5 rings (SSSR count). The minimum atomic E-state index is -0.477. The van der Waals surface area contributed by atoms with Crippen molar-refractivity contribution in [1.82, 2.24) is 24.8 Å². The van der Waals surface area contributed by atoms with E-state index in [1.165, 1.54) is 18.3 Å². The van der Waals surface area contributed by atoms with Gasteiger partial charge in [-0.15, -0.1) is 0 Å². The Hall–Kier alpha value is -3.66. The fourth-order valence-electron chi connectivity index (χ4n) is 5.45. The van der Waals surface area contributed by atoms with Crippen LogP contribution >= 0.6 is 0 Å². The Labute approximate surface area is 235 Å². The number of H-pyrrole nitrogens is 1. The molecule has 2 amide bonds. The van der Waals surface area contributed by atoms with Gasteiger partial charge in [0.2, 0.25) is 5.88 Å². The summed E-state index contributed by atoms with van der Waals surface area (Å²) in [5, 5.41) is 3.90. The van der Waals surface area contributed by atoms with E-state index in [-0.39, 0.29) is 12.0 Å². The molecule has 0 aliphatic carbocycles. The van der Waals surface area contributed by atoms with Crippen molar-refractivity contribution < 1.29 is 19.1 Å². The van der Waals surface area contributed by atoms with Gasteiger partial charge in [0.05, 0.1) is 17.7 Å². The summed E-state index contributed by atoms with van der Waals surface area (Å²) in [5.74, 6) is 1.19. The fourth-order valence-corrected chi connectivity index (χ4v) is 5.45. The Morgan fingerprint density at radius 1 is 1.07 bits per heavy atom. The van der Waals surface area contributed by atoms with Crippen molar-refractivity contribution in [3.8, 4) is 5.88 Å². The summed E-state index contributed by atoms with van der Waals surface area (Å²) in [5.41, 5.74) is 2.10. The van der Waals surface area contributed by atoms with Crippen LogP contribution in [0.4, 0.5) is 10.6 Å². The highest BCUT2D eigenvalue weighted by Gasteiger charge is 2.27. The Morgan fingerprint density at radius 3 is 2.55 bits per heavy atom. The summed E-state index contributed by atoms with van der Waals surface area (Å²) in [4.78, 5) is 41.4. The van der Waals surface area contributed by atoms with Crippen molar-refractivity contribution in [1.29, 1.82) is 0 Å². The second kappa shape index (κ2) is 11.8. The Morgan fingerprint density at radius 2 is 1.88 bits per heavy atom. The van der Waals surface area contributed by atoms with E-state index in [0.29, 0.717) is 48.9 Å². The molecule has 2 saturated heterocycles. The number of likely N-dealkylation sites (tertiary alicyclic amines) is 2. The summed E-state index contributed by atoms with van der Waals surface area (Å²) in [6.07, 6.45) is 8.15. The molecule has 5 heterocycles. The maximum absolute atomic E-state index is 12.8. The number of carbonyl (C=O) groups is 2. The molecule has 10 heteroatoms. The predicted molar refractivity (Wildman–Crippen MR) is 154 cm³/mol. The number of nitrogens with one attached hydrogen (secondary N) is 2. The highest BCUT2D eigenvalue weighted by Crippen LogP contribution is 2.32. The van der Waals surface area contributed by atoms with Gasteiger partial charge in [-0.3, -0.25) is 9.69 Å². The summed E-state index contributed by atoms with van der Waals surface area (Å²) in [6, 6.07) is 7.84. The quantitative estimate of drug-likeness (QED) is 0.407. The smallest absolute Gasteiger partial charge is 0.410 e. The number of ether oxygens (including phenoxy) is 2. The molecule has 40 heavy (non-hydrogen) atoms. The lowest BCUT2D eigenvalue weighted by atomic mass is 9.94. The van der Waals surface area contributed by atoms with Crippen LogP contribution in [0.1, 0.15) is 75.0 Å². The van der Waals surface area contributed by atoms with E-state index < -0.39 is 5.60 Å². The average molecular weight is 549 g/mol. The second-order valence-corrected chi connectivity index (χ2v) is 11.9. The molecule has 2 aliphatic rings. The number of amides is 2. The maximum atomic E-state index is 12.8. The monoisotopic (exact) mass is 548 g/mol. The van der Waals surface area contributed by atoms with Crippen molar-refractivity contribution in [2.24, 2.45) is 5.92 Å². The molecule has 3 aromatic heterocycles. The number of hydrogen-bond acceptors (Lipinski definition) is 7. The van der Waals surface area contributed by atoms with Gasteiger partial charge in [-0.2, -0.15) is 0 Å². The van der Waals surface area contributed by atoms with Crippen LogP contribution in [-0.4, -0.2) is 75.6 Å². The van der Waals surface area contributed by atoms with Crippen molar-refractivity contribution in [3.05, 3.63) is 47.9 Å². The van der Waals surface area contributed by atoms with E-state index in [0.717, 1.165) is 43.1 Å². The first-order valence-electron chi connectivity index (χ1n) is 14.2. The van der Waals surface area contributed by atoms with Crippen LogP contribution in [0.5, 0.6) is 5.88 Å². The second-order valence-electron chi connectivity index (χ2n) is 11.9. The van der Waals surface area contributed by atoms with Gasteiger partial charge in [0, 0.05) is 54.7 Å².